The second-order valence-corrected chi connectivity index (χ2v) is 5.90. The normalized spacial score (nSPS) is 16.2. The van der Waals surface area contributed by atoms with Crippen molar-refractivity contribution in [2.45, 2.75) is 25.8 Å². The number of nitrogens with zero attached hydrogens (tertiary/aromatic N) is 3. The summed E-state index contributed by atoms with van der Waals surface area (Å²) in [7, 11) is 0. The highest BCUT2D eigenvalue weighted by Crippen LogP contribution is 2.31. The number of benzene rings is 1. The second-order valence-electron chi connectivity index (χ2n) is 5.90. The first kappa shape index (κ1) is 13.5. The average molecular weight is 293 g/mol. The number of ether oxygens (including phenoxy) is 1. The van der Waals surface area contributed by atoms with Crippen molar-refractivity contribution in [1.29, 1.82) is 0 Å². The Labute approximate surface area is 129 Å². The standard InChI is InChI=1S/C18H19N3O/c1-13-2-4-14(5-3-13)18-16-12-19-9-6-17(16)21(20-18)15-7-10-22-11-8-15/h2-6,9,12,15H,7-8,10-11H2,1H3. The van der Waals surface area contributed by atoms with Crippen LogP contribution in [-0.4, -0.2) is 28.0 Å². The van der Waals surface area contributed by atoms with Gasteiger partial charge in [-0.25, -0.2) is 0 Å². The van der Waals surface area contributed by atoms with Gasteiger partial charge in [-0.05, 0) is 25.8 Å². The number of aryl methyl sites for hydroxylation is 1. The SMILES string of the molecule is Cc1ccc(-c2nn(C3CCOCC3)c3ccncc23)cc1. The number of hydrogen-bond acceptors (Lipinski definition) is 3. The smallest absolute Gasteiger partial charge is 0.102 e. The van der Waals surface area contributed by atoms with Gasteiger partial charge in [-0.3, -0.25) is 9.67 Å². The fourth-order valence-corrected chi connectivity index (χ4v) is 3.12. The van der Waals surface area contributed by atoms with E-state index in [9.17, 15) is 0 Å². The molecule has 0 bridgehead atoms. The Kier molecular flexibility index (Phi) is 3.39. The molecule has 0 N–H and O–H groups in total. The molecular formula is C18H19N3O. The van der Waals surface area contributed by atoms with Crippen molar-refractivity contribution in [2.75, 3.05) is 13.2 Å². The topological polar surface area (TPSA) is 39.9 Å². The molecule has 0 atom stereocenters. The first-order chi connectivity index (χ1) is 10.8. The molecule has 0 spiro atoms. The summed E-state index contributed by atoms with van der Waals surface area (Å²) in [6.45, 7) is 3.73. The van der Waals surface area contributed by atoms with Gasteiger partial charge >= 0.3 is 0 Å². The van der Waals surface area contributed by atoms with Crippen molar-refractivity contribution in [3.63, 3.8) is 0 Å². The van der Waals surface area contributed by atoms with Crippen molar-refractivity contribution in [1.82, 2.24) is 14.8 Å². The fourth-order valence-electron chi connectivity index (χ4n) is 3.12. The maximum absolute atomic E-state index is 5.48. The van der Waals surface area contributed by atoms with Gasteiger partial charge in [0.25, 0.3) is 0 Å². The summed E-state index contributed by atoms with van der Waals surface area (Å²) < 4.78 is 7.66. The molecular weight excluding hydrogens is 274 g/mol. The summed E-state index contributed by atoms with van der Waals surface area (Å²) in [6.07, 6.45) is 5.81. The minimum atomic E-state index is 0.415. The van der Waals surface area contributed by atoms with E-state index in [1.165, 1.54) is 5.56 Å². The largest absolute Gasteiger partial charge is 0.381 e. The van der Waals surface area contributed by atoms with Crippen LogP contribution < -0.4 is 0 Å². The Morgan fingerprint density at radius 1 is 1.09 bits per heavy atom. The van der Waals surface area contributed by atoms with Gasteiger partial charge in [0.2, 0.25) is 0 Å². The van der Waals surface area contributed by atoms with Crippen LogP contribution in [0, 0.1) is 6.92 Å². The lowest BCUT2D eigenvalue weighted by Crippen LogP contribution is -2.20. The Morgan fingerprint density at radius 3 is 2.64 bits per heavy atom. The van der Waals surface area contributed by atoms with Crippen molar-refractivity contribution < 1.29 is 4.74 Å². The van der Waals surface area contributed by atoms with Crippen LogP contribution in [0.15, 0.2) is 42.7 Å². The molecule has 22 heavy (non-hydrogen) atoms. The van der Waals surface area contributed by atoms with Crippen LogP contribution in [0.3, 0.4) is 0 Å². The lowest BCUT2D eigenvalue weighted by atomic mass is 10.1. The number of pyridine rings is 1. The van der Waals surface area contributed by atoms with E-state index in [2.05, 4.69) is 46.9 Å². The lowest BCUT2D eigenvalue weighted by Gasteiger charge is -2.23. The molecule has 1 fully saturated rings. The highest BCUT2D eigenvalue weighted by Gasteiger charge is 2.21. The molecule has 1 aromatic carbocycles. The Bertz CT molecular complexity index is 786. The summed E-state index contributed by atoms with van der Waals surface area (Å²) in [6, 6.07) is 11.0. The van der Waals surface area contributed by atoms with Gasteiger partial charge in [0.05, 0.1) is 11.6 Å². The second kappa shape index (κ2) is 5.54. The van der Waals surface area contributed by atoms with E-state index in [1.54, 1.807) is 0 Å². The third kappa shape index (κ3) is 2.29. The summed E-state index contributed by atoms with van der Waals surface area (Å²) in [5, 5.41) is 6.06. The predicted molar refractivity (Wildman–Crippen MR) is 86.8 cm³/mol. The molecule has 0 aliphatic carbocycles. The highest BCUT2D eigenvalue weighted by atomic mass is 16.5. The molecule has 4 nitrogen and oxygen atoms in total. The quantitative estimate of drug-likeness (QED) is 0.722. The van der Waals surface area contributed by atoms with Gasteiger partial charge in [-0.2, -0.15) is 5.10 Å². The van der Waals surface area contributed by atoms with E-state index in [0.717, 1.165) is 48.2 Å². The first-order valence-electron chi connectivity index (χ1n) is 7.80. The molecule has 1 aliphatic rings. The van der Waals surface area contributed by atoms with Crippen molar-refractivity contribution in [3.05, 3.63) is 48.3 Å². The molecule has 4 rings (SSSR count). The monoisotopic (exact) mass is 293 g/mol. The third-order valence-electron chi connectivity index (χ3n) is 4.37. The Hall–Kier alpha value is -2.20. The van der Waals surface area contributed by atoms with Crippen LogP contribution in [0.4, 0.5) is 0 Å². The minimum absolute atomic E-state index is 0.415. The van der Waals surface area contributed by atoms with Crippen LogP contribution in [-0.2, 0) is 4.74 Å². The van der Waals surface area contributed by atoms with E-state index in [4.69, 9.17) is 9.84 Å². The fraction of sp³-hybridized carbons (Fsp3) is 0.333. The number of fused-ring (bicyclic) bond motifs is 1. The molecule has 0 unspecified atom stereocenters. The average Bonchev–Trinajstić information content (AvgIpc) is 2.96. The molecule has 1 aliphatic heterocycles. The zero-order valence-electron chi connectivity index (χ0n) is 12.7. The van der Waals surface area contributed by atoms with Crippen molar-refractivity contribution in [3.8, 4) is 11.3 Å². The molecule has 0 saturated carbocycles. The van der Waals surface area contributed by atoms with Crippen LogP contribution in [0.25, 0.3) is 22.2 Å². The molecule has 0 radical (unpaired) electrons. The molecule has 3 heterocycles. The number of aromatic nitrogens is 3. The summed E-state index contributed by atoms with van der Waals surface area (Å²) >= 11 is 0. The van der Waals surface area contributed by atoms with E-state index >= 15 is 0 Å². The van der Waals surface area contributed by atoms with Gasteiger partial charge in [0.1, 0.15) is 5.69 Å². The Morgan fingerprint density at radius 2 is 1.86 bits per heavy atom. The maximum atomic E-state index is 5.48. The Balaban J connectivity index is 1.86. The van der Waals surface area contributed by atoms with Gasteiger partial charge in [-0.1, -0.05) is 29.8 Å². The minimum Gasteiger partial charge on any atom is -0.381 e. The predicted octanol–water partition coefficient (Wildman–Crippen LogP) is 3.76. The van der Waals surface area contributed by atoms with E-state index in [-0.39, 0.29) is 0 Å². The van der Waals surface area contributed by atoms with Gasteiger partial charge in [0.15, 0.2) is 0 Å². The first-order valence-corrected chi connectivity index (χ1v) is 7.80. The summed E-state index contributed by atoms with van der Waals surface area (Å²) in [5.41, 5.74) is 4.59. The third-order valence-corrected chi connectivity index (χ3v) is 4.37. The van der Waals surface area contributed by atoms with Crippen molar-refractivity contribution in [2.24, 2.45) is 0 Å². The van der Waals surface area contributed by atoms with Crippen LogP contribution in [0.2, 0.25) is 0 Å². The molecule has 3 aromatic rings. The zero-order chi connectivity index (χ0) is 14.9. The molecule has 4 heteroatoms. The van der Waals surface area contributed by atoms with Gasteiger partial charge < -0.3 is 4.74 Å². The lowest BCUT2D eigenvalue weighted by molar-refractivity contribution is 0.0675. The summed E-state index contributed by atoms with van der Waals surface area (Å²) in [5.74, 6) is 0. The van der Waals surface area contributed by atoms with Gasteiger partial charge in [-0.15, -0.1) is 0 Å². The maximum Gasteiger partial charge on any atom is 0.102 e. The van der Waals surface area contributed by atoms with Crippen LogP contribution >= 0.6 is 0 Å². The van der Waals surface area contributed by atoms with Crippen molar-refractivity contribution >= 4 is 10.9 Å². The van der Waals surface area contributed by atoms with E-state index in [1.807, 2.05) is 12.4 Å². The molecule has 112 valence electrons. The van der Waals surface area contributed by atoms with Crippen LogP contribution in [0.1, 0.15) is 24.4 Å². The molecule has 2 aromatic heterocycles. The van der Waals surface area contributed by atoms with E-state index in [0.29, 0.717) is 6.04 Å². The molecule has 1 saturated heterocycles. The van der Waals surface area contributed by atoms with E-state index < -0.39 is 0 Å². The molecule has 0 amide bonds. The van der Waals surface area contributed by atoms with Gasteiger partial charge in [0, 0.05) is 36.6 Å². The number of hydrogen-bond donors (Lipinski definition) is 0. The summed E-state index contributed by atoms with van der Waals surface area (Å²) in [4.78, 5) is 4.30. The van der Waals surface area contributed by atoms with Crippen LogP contribution in [0.5, 0.6) is 0 Å². The highest BCUT2D eigenvalue weighted by molar-refractivity contribution is 5.92. The zero-order valence-corrected chi connectivity index (χ0v) is 12.7. The number of rotatable bonds is 2.